The number of rotatable bonds is 4. The summed E-state index contributed by atoms with van der Waals surface area (Å²) < 4.78 is 0. The van der Waals surface area contributed by atoms with Gasteiger partial charge < -0.3 is 16.2 Å². The van der Waals surface area contributed by atoms with Gasteiger partial charge >= 0.3 is 5.97 Å². The minimum atomic E-state index is -0.857. The third-order valence-corrected chi connectivity index (χ3v) is 4.15. The summed E-state index contributed by atoms with van der Waals surface area (Å²) in [4.78, 5) is 34.0. The van der Waals surface area contributed by atoms with Crippen LogP contribution in [0.25, 0.3) is 0 Å². The maximum Gasteiger partial charge on any atom is 0.306 e. The van der Waals surface area contributed by atoms with Gasteiger partial charge in [0.15, 0.2) is 0 Å². The number of hydrogen-bond acceptors (Lipinski definition) is 4. The zero-order chi connectivity index (χ0) is 14.0. The zero-order valence-electron chi connectivity index (χ0n) is 10.1. The number of carbonyl (C=O) groups excluding carboxylic acids is 2. The molecule has 4 N–H and O–H groups in total. The zero-order valence-corrected chi connectivity index (χ0v) is 10.9. The number of primary amides is 1. The molecule has 1 aromatic heterocycles. The number of hydrogen-bond donors (Lipinski definition) is 3. The molecular weight excluding hydrogens is 268 g/mol. The van der Waals surface area contributed by atoms with E-state index in [4.69, 9.17) is 10.8 Å². The molecule has 1 fully saturated rings. The second kappa shape index (κ2) is 5.40. The molecule has 0 bridgehead atoms. The molecule has 2 amide bonds. The Kier molecular flexibility index (Phi) is 3.84. The first-order valence-corrected chi connectivity index (χ1v) is 6.78. The molecule has 1 aliphatic rings. The molecular formula is C12H14N2O4S. The molecule has 0 spiro atoms. The van der Waals surface area contributed by atoms with E-state index < -0.39 is 17.8 Å². The molecule has 7 heteroatoms. The van der Waals surface area contributed by atoms with Gasteiger partial charge in [-0.2, -0.15) is 0 Å². The van der Waals surface area contributed by atoms with Crippen LogP contribution in [0.4, 0.5) is 5.00 Å². The largest absolute Gasteiger partial charge is 0.481 e. The molecule has 0 aromatic carbocycles. The smallest absolute Gasteiger partial charge is 0.306 e. The van der Waals surface area contributed by atoms with Gasteiger partial charge in [-0.1, -0.05) is 0 Å². The topological polar surface area (TPSA) is 109 Å². The van der Waals surface area contributed by atoms with E-state index >= 15 is 0 Å². The van der Waals surface area contributed by atoms with Crippen LogP contribution in [0, 0.1) is 11.8 Å². The maximum absolute atomic E-state index is 12.0. The predicted molar refractivity (Wildman–Crippen MR) is 69.9 cm³/mol. The van der Waals surface area contributed by atoms with E-state index in [1.54, 1.807) is 11.4 Å². The average molecular weight is 282 g/mol. The standard InChI is InChI=1S/C12H14N2O4S/c13-9(15)8-3-4-19-11(8)14-10(16)6-1-2-7(5-6)12(17)18/h3-4,6-7H,1-2,5H2,(H2,13,15)(H,14,16)(H,17,18)/t6-,7+/m1/s1. The molecule has 19 heavy (non-hydrogen) atoms. The Bertz CT molecular complexity index is 526. The van der Waals surface area contributed by atoms with Crippen molar-refractivity contribution in [3.05, 3.63) is 17.0 Å². The lowest BCUT2D eigenvalue weighted by Gasteiger charge is -2.10. The normalized spacial score (nSPS) is 22.1. The lowest BCUT2D eigenvalue weighted by Crippen LogP contribution is -2.23. The van der Waals surface area contributed by atoms with E-state index in [0.29, 0.717) is 24.3 Å². The third kappa shape index (κ3) is 2.93. The summed E-state index contributed by atoms with van der Waals surface area (Å²) in [5.41, 5.74) is 5.47. The summed E-state index contributed by atoms with van der Waals surface area (Å²) in [6.07, 6.45) is 1.42. The number of aliphatic carboxylic acids is 1. The molecule has 1 saturated carbocycles. The monoisotopic (exact) mass is 282 g/mol. The molecule has 1 aromatic rings. The van der Waals surface area contributed by atoms with Crippen molar-refractivity contribution < 1.29 is 19.5 Å². The van der Waals surface area contributed by atoms with E-state index in [1.807, 2.05) is 0 Å². The van der Waals surface area contributed by atoms with E-state index in [-0.39, 0.29) is 17.4 Å². The number of nitrogens with two attached hydrogens (primary N) is 1. The van der Waals surface area contributed by atoms with E-state index in [9.17, 15) is 14.4 Å². The second-order valence-corrected chi connectivity index (χ2v) is 5.48. The molecule has 2 rings (SSSR count). The van der Waals surface area contributed by atoms with Crippen molar-refractivity contribution in [1.29, 1.82) is 0 Å². The van der Waals surface area contributed by atoms with Crippen LogP contribution < -0.4 is 11.1 Å². The summed E-state index contributed by atoms with van der Waals surface area (Å²) in [6.45, 7) is 0. The molecule has 1 aliphatic carbocycles. The summed E-state index contributed by atoms with van der Waals surface area (Å²) in [5.74, 6) is -2.46. The molecule has 6 nitrogen and oxygen atoms in total. The van der Waals surface area contributed by atoms with Crippen LogP contribution in [0.5, 0.6) is 0 Å². The van der Waals surface area contributed by atoms with Crippen molar-refractivity contribution in [2.75, 3.05) is 5.32 Å². The molecule has 102 valence electrons. The van der Waals surface area contributed by atoms with E-state index in [1.165, 1.54) is 11.3 Å². The van der Waals surface area contributed by atoms with Crippen molar-refractivity contribution in [1.82, 2.24) is 0 Å². The first-order valence-electron chi connectivity index (χ1n) is 5.90. The highest BCUT2D eigenvalue weighted by atomic mass is 32.1. The first kappa shape index (κ1) is 13.5. The second-order valence-electron chi connectivity index (χ2n) is 4.56. The van der Waals surface area contributed by atoms with Gasteiger partial charge in [0.2, 0.25) is 5.91 Å². The summed E-state index contributed by atoms with van der Waals surface area (Å²) in [6, 6.07) is 1.55. The summed E-state index contributed by atoms with van der Waals surface area (Å²) in [5, 5.41) is 13.7. The fourth-order valence-electron chi connectivity index (χ4n) is 2.26. The van der Waals surface area contributed by atoms with Crippen LogP contribution in [0.3, 0.4) is 0 Å². The van der Waals surface area contributed by atoms with Crippen molar-refractivity contribution in [3.63, 3.8) is 0 Å². The van der Waals surface area contributed by atoms with Crippen LogP contribution in [-0.2, 0) is 9.59 Å². The highest BCUT2D eigenvalue weighted by Crippen LogP contribution is 2.33. The molecule has 2 atom stereocenters. The fraction of sp³-hybridized carbons (Fsp3) is 0.417. The van der Waals surface area contributed by atoms with Gasteiger partial charge in [-0.05, 0) is 30.7 Å². The van der Waals surface area contributed by atoms with Gasteiger partial charge in [-0.25, -0.2) is 0 Å². The highest BCUT2D eigenvalue weighted by Gasteiger charge is 2.34. The van der Waals surface area contributed by atoms with Gasteiger partial charge in [0.25, 0.3) is 5.91 Å². The summed E-state index contributed by atoms with van der Waals surface area (Å²) in [7, 11) is 0. The number of anilines is 1. The van der Waals surface area contributed by atoms with Crippen LogP contribution in [0.15, 0.2) is 11.4 Å². The van der Waals surface area contributed by atoms with Gasteiger partial charge in [-0.15, -0.1) is 11.3 Å². The Morgan fingerprint density at radius 3 is 2.58 bits per heavy atom. The Hall–Kier alpha value is -1.89. The molecule has 0 saturated heterocycles. The maximum atomic E-state index is 12.0. The lowest BCUT2D eigenvalue weighted by atomic mass is 10.0. The highest BCUT2D eigenvalue weighted by molar-refractivity contribution is 7.14. The number of amides is 2. The minimum absolute atomic E-state index is 0.242. The minimum Gasteiger partial charge on any atom is -0.481 e. The predicted octanol–water partition coefficient (Wildman–Crippen LogP) is 1.29. The van der Waals surface area contributed by atoms with Crippen LogP contribution in [-0.4, -0.2) is 22.9 Å². The number of thiophene rings is 1. The Labute approximate surface area is 113 Å². The van der Waals surface area contributed by atoms with Crippen molar-refractivity contribution in [2.45, 2.75) is 19.3 Å². The third-order valence-electron chi connectivity index (χ3n) is 3.32. The fourth-order valence-corrected chi connectivity index (χ4v) is 3.05. The SMILES string of the molecule is NC(=O)c1ccsc1NC(=O)[C@@H]1CC[C@H](C(=O)O)C1. The van der Waals surface area contributed by atoms with Crippen molar-refractivity contribution >= 4 is 34.1 Å². The number of carbonyl (C=O) groups is 3. The van der Waals surface area contributed by atoms with Crippen LogP contribution in [0.2, 0.25) is 0 Å². The number of carboxylic acids is 1. The average Bonchev–Trinajstić information content (AvgIpc) is 2.96. The van der Waals surface area contributed by atoms with Gasteiger partial charge in [0, 0.05) is 5.92 Å². The molecule has 0 aliphatic heterocycles. The van der Waals surface area contributed by atoms with Gasteiger partial charge in [0.05, 0.1) is 11.5 Å². The first-order chi connectivity index (χ1) is 8.99. The number of carboxylic acid groups (broad SMARTS) is 1. The Balaban J connectivity index is 2.00. The Morgan fingerprint density at radius 2 is 2.00 bits per heavy atom. The van der Waals surface area contributed by atoms with Crippen molar-refractivity contribution in [3.8, 4) is 0 Å². The molecule has 0 unspecified atom stereocenters. The number of nitrogens with one attached hydrogen (secondary N) is 1. The van der Waals surface area contributed by atoms with Crippen LogP contribution >= 0.6 is 11.3 Å². The quantitative estimate of drug-likeness (QED) is 0.772. The lowest BCUT2D eigenvalue weighted by molar-refractivity contribution is -0.141. The Morgan fingerprint density at radius 1 is 1.32 bits per heavy atom. The molecule has 0 radical (unpaired) electrons. The van der Waals surface area contributed by atoms with Crippen molar-refractivity contribution in [2.24, 2.45) is 17.6 Å². The summed E-state index contributed by atoms with van der Waals surface area (Å²) >= 11 is 1.22. The van der Waals surface area contributed by atoms with E-state index in [0.717, 1.165) is 0 Å². The van der Waals surface area contributed by atoms with E-state index in [2.05, 4.69) is 5.32 Å². The van der Waals surface area contributed by atoms with Gasteiger partial charge in [0.1, 0.15) is 5.00 Å². The van der Waals surface area contributed by atoms with Crippen LogP contribution in [0.1, 0.15) is 29.6 Å². The van der Waals surface area contributed by atoms with Gasteiger partial charge in [-0.3, -0.25) is 14.4 Å². The molecule has 1 heterocycles.